The third-order valence-corrected chi connectivity index (χ3v) is 6.54. The lowest BCUT2D eigenvalue weighted by Gasteiger charge is -2.31. The van der Waals surface area contributed by atoms with Gasteiger partial charge in [0, 0.05) is 53.4 Å². The Labute approximate surface area is 190 Å². The van der Waals surface area contributed by atoms with Crippen LogP contribution in [0, 0.1) is 5.92 Å². The number of halogens is 1. The largest absolute Gasteiger partial charge is 0.339 e. The zero-order valence-electron chi connectivity index (χ0n) is 17.4. The van der Waals surface area contributed by atoms with Gasteiger partial charge in [0.05, 0.1) is 0 Å². The highest BCUT2D eigenvalue weighted by Gasteiger charge is 2.28. The number of anilines is 1. The molecule has 2 aliphatic heterocycles. The predicted molar refractivity (Wildman–Crippen MR) is 123 cm³/mol. The van der Waals surface area contributed by atoms with Crippen molar-refractivity contribution in [1.82, 2.24) is 9.80 Å². The topological polar surface area (TPSA) is 69.7 Å². The number of piperidine rings is 1. The quantitative estimate of drug-likeness (QED) is 0.708. The van der Waals surface area contributed by atoms with Crippen molar-refractivity contribution in [1.29, 1.82) is 0 Å². The average Bonchev–Trinajstić information content (AvgIpc) is 3.34. The van der Waals surface area contributed by atoms with E-state index in [1.807, 2.05) is 40.1 Å². The first-order chi connectivity index (χ1) is 15.0. The van der Waals surface area contributed by atoms with Crippen molar-refractivity contribution in [3.8, 4) is 0 Å². The molecule has 0 unspecified atom stereocenters. The number of carbonyl (C=O) groups excluding carboxylic acids is 3. The minimum absolute atomic E-state index is 0.000477. The number of nitrogens with zero attached hydrogens (tertiary/aromatic N) is 2. The van der Waals surface area contributed by atoms with Gasteiger partial charge in [-0.05, 0) is 68.1 Å². The zero-order valence-corrected chi connectivity index (χ0v) is 18.9. The van der Waals surface area contributed by atoms with Crippen LogP contribution in [-0.4, -0.2) is 53.7 Å². The smallest absolute Gasteiger partial charge is 0.253 e. The molecular formula is C24H26BrN3O3. The lowest BCUT2D eigenvalue weighted by molar-refractivity contribution is -0.121. The fourth-order valence-corrected chi connectivity index (χ4v) is 4.46. The number of amides is 3. The van der Waals surface area contributed by atoms with Crippen LogP contribution in [0.5, 0.6) is 0 Å². The van der Waals surface area contributed by atoms with Gasteiger partial charge in [0.2, 0.25) is 5.91 Å². The Morgan fingerprint density at radius 2 is 1.42 bits per heavy atom. The number of nitrogens with one attached hydrogen (secondary N) is 1. The van der Waals surface area contributed by atoms with E-state index in [-0.39, 0.29) is 23.6 Å². The predicted octanol–water partition coefficient (Wildman–Crippen LogP) is 4.18. The molecule has 0 bridgehead atoms. The Hall–Kier alpha value is -2.67. The molecule has 1 N–H and O–H groups in total. The molecule has 7 heteroatoms. The Kier molecular flexibility index (Phi) is 6.70. The maximum absolute atomic E-state index is 12.8. The van der Waals surface area contributed by atoms with Crippen molar-refractivity contribution in [3.63, 3.8) is 0 Å². The van der Waals surface area contributed by atoms with E-state index in [2.05, 4.69) is 21.2 Å². The molecule has 2 saturated heterocycles. The molecule has 2 fully saturated rings. The Morgan fingerprint density at radius 1 is 0.806 bits per heavy atom. The normalized spacial score (nSPS) is 16.9. The Morgan fingerprint density at radius 3 is 2.10 bits per heavy atom. The lowest BCUT2D eigenvalue weighted by Crippen LogP contribution is -2.41. The van der Waals surface area contributed by atoms with Crippen LogP contribution in [0.4, 0.5) is 5.69 Å². The number of hydrogen-bond acceptors (Lipinski definition) is 3. The number of rotatable bonds is 4. The molecular weight excluding hydrogens is 458 g/mol. The highest BCUT2D eigenvalue weighted by Crippen LogP contribution is 2.23. The summed E-state index contributed by atoms with van der Waals surface area (Å²) >= 11 is 3.38. The molecule has 0 aliphatic carbocycles. The maximum atomic E-state index is 12.8. The molecule has 6 nitrogen and oxygen atoms in total. The summed E-state index contributed by atoms with van der Waals surface area (Å²) in [6, 6.07) is 14.5. The molecule has 0 aromatic heterocycles. The van der Waals surface area contributed by atoms with Crippen molar-refractivity contribution in [2.45, 2.75) is 25.7 Å². The summed E-state index contributed by atoms with van der Waals surface area (Å²) in [4.78, 5) is 41.7. The Bertz CT molecular complexity index is 962. The van der Waals surface area contributed by atoms with Crippen LogP contribution in [0.3, 0.4) is 0 Å². The van der Waals surface area contributed by atoms with Crippen LogP contribution >= 0.6 is 15.9 Å². The van der Waals surface area contributed by atoms with Gasteiger partial charge >= 0.3 is 0 Å². The summed E-state index contributed by atoms with van der Waals surface area (Å²) in [7, 11) is 0. The van der Waals surface area contributed by atoms with E-state index in [0.717, 1.165) is 30.4 Å². The van der Waals surface area contributed by atoms with Crippen molar-refractivity contribution >= 4 is 39.3 Å². The summed E-state index contributed by atoms with van der Waals surface area (Å²) in [5.74, 6) is -0.179. The SMILES string of the molecule is O=C(Nc1cccc(C(=O)N2CCCC2)c1)C1CCN(C(=O)c2ccc(Br)cc2)CC1. The van der Waals surface area contributed by atoms with E-state index >= 15 is 0 Å². The highest BCUT2D eigenvalue weighted by atomic mass is 79.9. The molecule has 2 aromatic carbocycles. The number of hydrogen-bond donors (Lipinski definition) is 1. The van der Waals surface area contributed by atoms with E-state index in [4.69, 9.17) is 0 Å². The third-order valence-electron chi connectivity index (χ3n) is 6.01. The second-order valence-corrected chi connectivity index (χ2v) is 9.06. The van der Waals surface area contributed by atoms with E-state index in [1.54, 1.807) is 18.2 Å². The van der Waals surface area contributed by atoms with Gasteiger partial charge < -0.3 is 15.1 Å². The molecule has 0 saturated carbocycles. The van der Waals surface area contributed by atoms with Crippen LogP contribution in [0.2, 0.25) is 0 Å². The first kappa shape index (κ1) is 21.6. The molecule has 0 spiro atoms. The van der Waals surface area contributed by atoms with Crippen molar-refractivity contribution in [2.24, 2.45) is 5.92 Å². The molecule has 4 rings (SSSR count). The van der Waals surface area contributed by atoms with Crippen LogP contribution in [-0.2, 0) is 4.79 Å². The molecule has 2 aliphatic rings. The molecule has 2 heterocycles. The zero-order chi connectivity index (χ0) is 21.8. The van der Waals surface area contributed by atoms with E-state index < -0.39 is 0 Å². The van der Waals surface area contributed by atoms with Gasteiger partial charge in [-0.25, -0.2) is 0 Å². The van der Waals surface area contributed by atoms with Crippen molar-refractivity contribution in [3.05, 3.63) is 64.1 Å². The molecule has 0 radical (unpaired) electrons. The van der Waals surface area contributed by atoms with Crippen LogP contribution in [0.25, 0.3) is 0 Å². The first-order valence-electron chi connectivity index (χ1n) is 10.8. The minimum Gasteiger partial charge on any atom is -0.339 e. The van der Waals surface area contributed by atoms with E-state index in [9.17, 15) is 14.4 Å². The maximum Gasteiger partial charge on any atom is 0.253 e. The summed E-state index contributed by atoms with van der Waals surface area (Å²) in [6.45, 7) is 2.71. The summed E-state index contributed by atoms with van der Waals surface area (Å²) in [5.41, 5.74) is 1.91. The van der Waals surface area contributed by atoms with Crippen molar-refractivity contribution in [2.75, 3.05) is 31.5 Å². The van der Waals surface area contributed by atoms with Crippen LogP contribution in [0.1, 0.15) is 46.4 Å². The molecule has 3 amide bonds. The molecule has 31 heavy (non-hydrogen) atoms. The van der Waals surface area contributed by atoms with Crippen LogP contribution < -0.4 is 5.32 Å². The second-order valence-electron chi connectivity index (χ2n) is 8.14. The highest BCUT2D eigenvalue weighted by molar-refractivity contribution is 9.10. The number of carbonyl (C=O) groups is 3. The minimum atomic E-state index is -0.146. The standard InChI is InChI=1S/C24H26BrN3O3/c25-20-8-6-18(7-9-20)23(30)28-14-10-17(11-15-28)22(29)26-21-5-3-4-19(16-21)24(31)27-12-1-2-13-27/h3-9,16-17H,1-2,10-15H2,(H,26,29). The first-order valence-corrected chi connectivity index (χ1v) is 11.6. The van der Waals surface area contributed by atoms with Gasteiger partial charge in [-0.15, -0.1) is 0 Å². The average molecular weight is 484 g/mol. The van der Waals surface area contributed by atoms with Gasteiger partial charge in [-0.3, -0.25) is 14.4 Å². The molecule has 0 atom stereocenters. The van der Waals surface area contributed by atoms with E-state index in [0.29, 0.717) is 42.7 Å². The summed E-state index contributed by atoms with van der Waals surface area (Å²) in [6.07, 6.45) is 3.34. The fraction of sp³-hybridized carbons (Fsp3) is 0.375. The van der Waals surface area contributed by atoms with Gasteiger partial charge in [0.25, 0.3) is 11.8 Å². The Balaban J connectivity index is 1.32. The van der Waals surface area contributed by atoms with E-state index in [1.165, 1.54) is 0 Å². The summed E-state index contributed by atoms with van der Waals surface area (Å²) in [5, 5.41) is 2.96. The number of benzene rings is 2. The third kappa shape index (κ3) is 5.15. The number of likely N-dealkylation sites (tertiary alicyclic amines) is 2. The van der Waals surface area contributed by atoms with Gasteiger partial charge in [-0.2, -0.15) is 0 Å². The molecule has 162 valence electrons. The molecule has 2 aromatic rings. The lowest BCUT2D eigenvalue weighted by atomic mass is 9.95. The summed E-state index contributed by atoms with van der Waals surface area (Å²) < 4.78 is 0.936. The van der Waals surface area contributed by atoms with Crippen molar-refractivity contribution < 1.29 is 14.4 Å². The van der Waals surface area contributed by atoms with Gasteiger partial charge in [-0.1, -0.05) is 22.0 Å². The second kappa shape index (κ2) is 9.64. The fourth-order valence-electron chi connectivity index (χ4n) is 4.20. The van der Waals surface area contributed by atoms with Gasteiger partial charge in [0.15, 0.2) is 0 Å². The van der Waals surface area contributed by atoms with Crippen LogP contribution in [0.15, 0.2) is 53.0 Å². The monoisotopic (exact) mass is 483 g/mol. The van der Waals surface area contributed by atoms with Gasteiger partial charge in [0.1, 0.15) is 0 Å².